The second-order valence-electron chi connectivity index (χ2n) is 5.49. The molecule has 0 saturated carbocycles. The van der Waals surface area contributed by atoms with Crippen molar-refractivity contribution in [1.29, 1.82) is 0 Å². The maximum absolute atomic E-state index is 11.7. The number of methoxy groups -OCH3 is 1. The summed E-state index contributed by atoms with van der Waals surface area (Å²) in [5.41, 5.74) is 0.820. The van der Waals surface area contributed by atoms with Crippen molar-refractivity contribution in [3.8, 4) is 11.4 Å². The van der Waals surface area contributed by atoms with E-state index < -0.39 is 0 Å². The van der Waals surface area contributed by atoms with E-state index in [1.807, 2.05) is 12.1 Å². The van der Waals surface area contributed by atoms with Crippen molar-refractivity contribution in [2.75, 3.05) is 20.2 Å². The first-order valence-corrected chi connectivity index (χ1v) is 7.95. The molecule has 1 aliphatic heterocycles. The smallest absolute Gasteiger partial charge is 0.323 e. The predicted octanol–water partition coefficient (Wildman–Crippen LogP) is 2.57. The summed E-state index contributed by atoms with van der Waals surface area (Å²) in [6.45, 7) is 1.58. The molecule has 7 heteroatoms. The monoisotopic (exact) mass is 335 g/mol. The van der Waals surface area contributed by atoms with Crippen LogP contribution in [0.3, 0.4) is 0 Å². The van der Waals surface area contributed by atoms with Crippen molar-refractivity contribution in [3.63, 3.8) is 0 Å². The Labute approximate surface area is 139 Å². The topological polar surface area (TPSA) is 68.5 Å². The second kappa shape index (κ2) is 7.10. The highest BCUT2D eigenvalue weighted by molar-refractivity contribution is 6.30. The van der Waals surface area contributed by atoms with Crippen LogP contribution >= 0.6 is 11.6 Å². The number of hydrogen-bond acceptors (Lipinski definition) is 6. The van der Waals surface area contributed by atoms with Gasteiger partial charge in [0.05, 0.1) is 7.11 Å². The van der Waals surface area contributed by atoms with E-state index in [4.69, 9.17) is 20.9 Å². The van der Waals surface area contributed by atoms with Crippen molar-refractivity contribution >= 4 is 17.6 Å². The first kappa shape index (κ1) is 16.0. The van der Waals surface area contributed by atoms with Crippen LogP contribution in [-0.2, 0) is 16.0 Å². The lowest BCUT2D eigenvalue weighted by Gasteiger charge is -2.21. The third-order valence-electron chi connectivity index (χ3n) is 4.00. The largest absolute Gasteiger partial charge is 0.468 e. The minimum Gasteiger partial charge on any atom is -0.468 e. The SMILES string of the molecule is COC(=O)C1CCCN1CCc1nc(-c2cccc(Cl)c2)no1. The summed E-state index contributed by atoms with van der Waals surface area (Å²) in [5.74, 6) is 0.900. The normalized spacial score (nSPS) is 18.3. The molecule has 1 fully saturated rings. The van der Waals surface area contributed by atoms with Crippen LogP contribution in [0.2, 0.25) is 5.02 Å². The zero-order valence-corrected chi connectivity index (χ0v) is 13.6. The first-order chi connectivity index (χ1) is 11.2. The van der Waals surface area contributed by atoms with Crippen LogP contribution in [0.4, 0.5) is 0 Å². The molecule has 6 nitrogen and oxygen atoms in total. The number of benzene rings is 1. The van der Waals surface area contributed by atoms with E-state index in [1.54, 1.807) is 12.1 Å². The van der Waals surface area contributed by atoms with Crippen LogP contribution in [0.1, 0.15) is 18.7 Å². The fraction of sp³-hybridized carbons (Fsp3) is 0.438. The third-order valence-corrected chi connectivity index (χ3v) is 4.24. The Hall–Kier alpha value is -1.92. The fourth-order valence-corrected chi connectivity index (χ4v) is 3.03. The van der Waals surface area contributed by atoms with Crippen molar-refractivity contribution in [1.82, 2.24) is 15.0 Å². The van der Waals surface area contributed by atoms with E-state index in [9.17, 15) is 4.79 Å². The van der Waals surface area contributed by atoms with Crippen LogP contribution in [-0.4, -0.2) is 47.3 Å². The molecular formula is C16H18ClN3O3. The third kappa shape index (κ3) is 3.71. The molecule has 2 heterocycles. The van der Waals surface area contributed by atoms with Gasteiger partial charge in [-0.05, 0) is 31.5 Å². The summed E-state index contributed by atoms with van der Waals surface area (Å²) < 4.78 is 10.1. The zero-order chi connectivity index (χ0) is 16.2. The van der Waals surface area contributed by atoms with E-state index >= 15 is 0 Å². The van der Waals surface area contributed by atoms with Gasteiger partial charge in [-0.15, -0.1) is 0 Å². The average molecular weight is 336 g/mol. The molecule has 1 saturated heterocycles. The summed E-state index contributed by atoms with van der Waals surface area (Å²) in [6, 6.07) is 7.17. The van der Waals surface area contributed by atoms with Crippen LogP contribution in [0.15, 0.2) is 28.8 Å². The Morgan fingerprint density at radius 2 is 2.39 bits per heavy atom. The Morgan fingerprint density at radius 1 is 1.52 bits per heavy atom. The summed E-state index contributed by atoms with van der Waals surface area (Å²) in [7, 11) is 1.42. The van der Waals surface area contributed by atoms with Crippen LogP contribution in [0.25, 0.3) is 11.4 Å². The van der Waals surface area contributed by atoms with Crippen molar-refractivity contribution in [3.05, 3.63) is 35.2 Å². The molecule has 2 aromatic rings. The lowest BCUT2D eigenvalue weighted by molar-refractivity contribution is -0.145. The first-order valence-electron chi connectivity index (χ1n) is 7.58. The summed E-state index contributed by atoms with van der Waals surface area (Å²) in [5, 5.41) is 4.62. The molecular weight excluding hydrogens is 318 g/mol. The van der Waals surface area contributed by atoms with E-state index in [-0.39, 0.29) is 12.0 Å². The standard InChI is InChI=1S/C16H18ClN3O3/c1-22-16(21)13-6-3-8-20(13)9-7-14-18-15(19-23-14)11-4-2-5-12(17)10-11/h2,4-5,10,13H,3,6-9H2,1H3. The Balaban J connectivity index is 1.62. The van der Waals surface area contributed by atoms with Gasteiger partial charge in [0.25, 0.3) is 0 Å². The maximum Gasteiger partial charge on any atom is 0.323 e. The lowest BCUT2D eigenvalue weighted by atomic mass is 10.2. The molecule has 1 atom stereocenters. The molecule has 0 N–H and O–H groups in total. The molecule has 0 aliphatic carbocycles. The number of esters is 1. The van der Waals surface area contributed by atoms with Crippen LogP contribution in [0.5, 0.6) is 0 Å². The molecule has 1 aliphatic rings. The Morgan fingerprint density at radius 3 is 3.17 bits per heavy atom. The number of ether oxygens (including phenoxy) is 1. The molecule has 3 rings (SSSR count). The van der Waals surface area contributed by atoms with Crippen molar-refractivity contribution < 1.29 is 14.1 Å². The number of nitrogens with zero attached hydrogens (tertiary/aromatic N) is 3. The average Bonchev–Trinajstić information content (AvgIpc) is 3.21. The highest BCUT2D eigenvalue weighted by Crippen LogP contribution is 2.21. The van der Waals surface area contributed by atoms with E-state index in [1.165, 1.54) is 7.11 Å². The Kier molecular flexibility index (Phi) is 4.93. The molecule has 1 aromatic heterocycles. The van der Waals surface area contributed by atoms with Crippen LogP contribution in [0, 0.1) is 0 Å². The van der Waals surface area contributed by atoms with Gasteiger partial charge in [-0.2, -0.15) is 4.98 Å². The number of hydrogen-bond donors (Lipinski definition) is 0. The van der Waals surface area contributed by atoms with Gasteiger partial charge in [-0.3, -0.25) is 9.69 Å². The number of rotatable bonds is 5. The molecule has 0 spiro atoms. The fourth-order valence-electron chi connectivity index (χ4n) is 2.84. The van der Waals surface area contributed by atoms with Gasteiger partial charge in [0, 0.05) is 23.6 Å². The summed E-state index contributed by atoms with van der Waals surface area (Å²) in [6.07, 6.45) is 2.43. The summed E-state index contributed by atoms with van der Waals surface area (Å²) in [4.78, 5) is 18.2. The van der Waals surface area contributed by atoms with Crippen LogP contribution < -0.4 is 0 Å². The summed E-state index contributed by atoms with van der Waals surface area (Å²) >= 11 is 5.97. The maximum atomic E-state index is 11.7. The van der Waals surface area contributed by atoms with Crippen molar-refractivity contribution in [2.24, 2.45) is 0 Å². The molecule has 0 radical (unpaired) electrons. The zero-order valence-electron chi connectivity index (χ0n) is 12.9. The van der Waals surface area contributed by atoms with E-state index in [0.717, 1.165) is 24.9 Å². The predicted molar refractivity (Wildman–Crippen MR) is 85.1 cm³/mol. The van der Waals surface area contributed by atoms with Crippen molar-refractivity contribution in [2.45, 2.75) is 25.3 Å². The number of aromatic nitrogens is 2. The molecule has 23 heavy (non-hydrogen) atoms. The van der Waals surface area contributed by atoms with Gasteiger partial charge < -0.3 is 9.26 Å². The minimum atomic E-state index is -0.173. The quantitative estimate of drug-likeness (QED) is 0.782. The van der Waals surface area contributed by atoms with E-state index in [2.05, 4.69) is 15.0 Å². The second-order valence-corrected chi connectivity index (χ2v) is 5.93. The number of likely N-dealkylation sites (tertiary alicyclic amines) is 1. The molecule has 0 bridgehead atoms. The molecule has 1 unspecified atom stereocenters. The van der Waals surface area contributed by atoms with Gasteiger partial charge in [0.1, 0.15) is 6.04 Å². The van der Waals surface area contributed by atoms with Gasteiger partial charge in [0.15, 0.2) is 0 Å². The highest BCUT2D eigenvalue weighted by atomic mass is 35.5. The van der Waals surface area contributed by atoms with Gasteiger partial charge in [-0.1, -0.05) is 28.9 Å². The minimum absolute atomic E-state index is 0.157. The molecule has 0 amide bonds. The number of carbonyl (C=O) groups is 1. The van der Waals surface area contributed by atoms with E-state index in [0.29, 0.717) is 29.7 Å². The van der Waals surface area contributed by atoms with Gasteiger partial charge in [-0.25, -0.2) is 0 Å². The number of halogens is 1. The number of carbonyl (C=O) groups excluding carboxylic acids is 1. The Bertz CT molecular complexity index is 689. The highest BCUT2D eigenvalue weighted by Gasteiger charge is 2.31. The van der Waals surface area contributed by atoms with Gasteiger partial charge in [0.2, 0.25) is 11.7 Å². The lowest BCUT2D eigenvalue weighted by Crippen LogP contribution is -2.38. The molecule has 1 aromatic carbocycles. The van der Waals surface area contributed by atoms with Gasteiger partial charge >= 0.3 is 5.97 Å². The molecule has 122 valence electrons.